The summed E-state index contributed by atoms with van der Waals surface area (Å²) in [6, 6.07) is 4.85. The van der Waals surface area contributed by atoms with E-state index in [9.17, 15) is 23.6 Å². The molecule has 1 aliphatic rings. The minimum atomic E-state index is -1.00. The maximum atomic E-state index is 14.1. The van der Waals surface area contributed by atoms with E-state index in [-0.39, 0.29) is 35.9 Å². The van der Waals surface area contributed by atoms with Crippen LogP contribution in [0.1, 0.15) is 57.9 Å². The summed E-state index contributed by atoms with van der Waals surface area (Å²) in [7, 11) is 0. The molecule has 1 aromatic carbocycles. The molecule has 196 valence electrons. The van der Waals surface area contributed by atoms with Crippen LogP contribution in [-0.4, -0.2) is 58.5 Å². The Morgan fingerprint density at radius 2 is 1.97 bits per heavy atom. The summed E-state index contributed by atoms with van der Waals surface area (Å²) in [5, 5.41) is 6.63. The van der Waals surface area contributed by atoms with E-state index in [1.54, 1.807) is 26.8 Å². The molecule has 0 bridgehead atoms. The lowest BCUT2D eigenvalue weighted by Gasteiger charge is -2.30. The number of aromatic amines is 1. The van der Waals surface area contributed by atoms with Crippen LogP contribution in [-0.2, 0) is 14.3 Å². The van der Waals surface area contributed by atoms with Gasteiger partial charge in [0.25, 0.3) is 11.8 Å². The van der Waals surface area contributed by atoms with Gasteiger partial charge in [-0.25, -0.2) is 14.2 Å². The smallest absolute Gasteiger partial charge is 0.429 e. The summed E-state index contributed by atoms with van der Waals surface area (Å²) in [5.41, 5.74) is 2.27. The lowest BCUT2D eigenvalue weighted by molar-refractivity contribution is -0.130. The van der Waals surface area contributed by atoms with Crippen molar-refractivity contribution < 1.29 is 28.3 Å². The zero-order valence-electron chi connectivity index (χ0n) is 21.2. The number of H-pyrrole nitrogens is 1. The van der Waals surface area contributed by atoms with Gasteiger partial charge in [0.1, 0.15) is 23.2 Å². The van der Waals surface area contributed by atoms with Crippen molar-refractivity contribution in [2.75, 3.05) is 13.1 Å². The molecule has 3 rings (SSSR count). The Hall–Kier alpha value is -3.63. The Labute approximate surface area is 209 Å². The van der Waals surface area contributed by atoms with E-state index >= 15 is 0 Å². The zero-order chi connectivity index (χ0) is 26.6. The van der Waals surface area contributed by atoms with Gasteiger partial charge in [-0.3, -0.25) is 19.8 Å². The number of fused-ring (bicyclic) bond motifs is 1. The fraction of sp³-hybridized carbons (Fsp3) is 0.520. The minimum Gasteiger partial charge on any atom is -0.442 e. The van der Waals surface area contributed by atoms with Gasteiger partial charge in [0.15, 0.2) is 0 Å². The summed E-state index contributed by atoms with van der Waals surface area (Å²) in [5.74, 6) is -2.39. The Morgan fingerprint density at radius 3 is 2.56 bits per heavy atom. The molecule has 1 fully saturated rings. The van der Waals surface area contributed by atoms with Gasteiger partial charge in [0, 0.05) is 17.4 Å². The molecule has 0 aliphatic carbocycles. The van der Waals surface area contributed by atoms with Gasteiger partial charge in [-0.15, -0.1) is 0 Å². The normalized spacial score (nSPS) is 16.5. The lowest BCUT2D eigenvalue weighted by atomic mass is 10.0. The number of hydrazine groups is 1. The number of rotatable bonds is 7. The van der Waals surface area contributed by atoms with Crippen molar-refractivity contribution in [3.05, 3.63) is 35.8 Å². The van der Waals surface area contributed by atoms with Crippen LogP contribution in [0.2, 0.25) is 0 Å². The molecule has 4 N–H and O–H groups in total. The molecule has 2 heterocycles. The molecule has 0 saturated carbocycles. The average Bonchev–Trinajstić information content (AvgIpc) is 3.38. The van der Waals surface area contributed by atoms with Crippen LogP contribution in [0.3, 0.4) is 0 Å². The molecule has 36 heavy (non-hydrogen) atoms. The van der Waals surface area contributed by atoms with E-state index in [1.165, 1.54) is 18.2 Å². The van der Waals surface area contributed by atoms with E-state index < -0.39 is 41.3 Å². The second kappa shape index (κ2) is 11.0. The summed E-state index contributed by atoms with van der Waals surface area (Å²) >= 11 is 0. The van der Waals surface area contributed by atoms with Crippen LogP contribution in [0.4, 0.5) is 9.18 Å². The van der Waals surface area contributed by atoms with Crippen molar-refractivity contribution in [3.8, 4) is 0 Å². The van der Waals surface area contributed by atoms with Crippen LogP contribution in [0, 0.1) is 17.7 Å². The number of carbonyl (C=O) groups is 4. The molecule has 10 nitrogen and oxygen atoms in total. The first kappa shape index (κ1) is 27.0. The summed E-state index contributed by atoms with van der Waals surface area (Å²) in [4.78, 5) is 54.0. The highest BCUT2D eigenvalue weighted by atomic mass is 19.1. The predicted octanol–water partition coefficient (Wildman–Crippen LogP) is 2.86. The Bertz CT molecular complexity index is 1140. The van der Waals surface area contributed by atoms with E-state index in [2.05, 4.69) is 21.0 Å². The number of benzene rings is 1. The van der Waals surface area contributed by atoms with Crippen molar-refractivity contribution in [1.82, 2.24) is 26.1 Å². The molecule has 1 aliphatic heterocycles. The summed E-state index contributed by atoms with van der Waals surface area (Å²) in [6.45, 7) is 9.26. The van der Waals surface area contributed by atoms with E-state index in [4.69, 9.17) is 4.74 Å². The highest BCUT2D eigenvalue weighted by Crippen LogP contribution is 2.19. The van der Waals surface area contributed by atoms with E-state index in [0.29, 0.717) is 18.5 Å². The highest BCUT2D eigenvalue weighted by Gasteiger charge is 2.33. The van der Waals surface area contributed by atoms with Gasteiger partial charge in [-0.1, -0.05) is 19.9 Å². The van der Waals surface area contributed by atoms with Crippen molar-refractivity contribution in [1.29, 1.82) is 0 Å². The number of ether oxygens (including phenoxy) is 1. The highest BCUT2D eigenvalue weighted by molar-refractivity contribution is 6.00. The third-order valence-electron chi connectivity index (χ3n) is 5.61. The molecule has 0 spiro atoms. The first-order valence-electron chi connectivity index (χ1n) is 12.0. The number of hydrogen-bond donors (Lipinski definition) is 4. The van der Waals surface area contributed by atoms with Crippen molar-refractivity contribution in [3.63, 3.8) is 0 Å². The van der Waals surface area contributed by atoms with Crippen LogP contribution < -0.4 is 16.1 Å². The maximum absolute atomic E-state index is 14.1. The van der Waals surface area contributed by atoms with Crippen LogP contribution >= 0.6 is 0 Å². The molecular formula is C25H34FN5O5. The van der Waals surface area contributed by atoms with E-state index in [0.717, 1.165) is 5.01 Å². The zero-order valence-corrected chi connectivity index (χ0v) is 21.2. The molecule has 4 amide bonds. The minimum absolute atomic E-state index is 0.0248. The number of hydrogen-bond acceptors (Lipinski definition) is 5. The number of nitrogens with zero attached hydrogens (tertiary/aromatic N) is 1. The molecule has 2 atom stereocenters. The fourth-order valence-electron chi connectivity index (χ4n) is 3.91. The second-order valence-electron chi connectivity index (χ2n) is 10.4. The quantitative estimate of drug-likeness (QED) is 0.432. The standard InChI is InChI=1S/C25H34FN5O5/c1-14(2)11-19(29-22(33)20-12-16-17(26)7-6-8-18(16)28-20)23(34)30-31(24(35)36-25(3,4)5)13-15-9-10-27-21(15)32/h6-8,12,14-15,19,28H,9-11,13H2,1-5H3,(H,27,32)(H,29,33)(H,30,34)/t15-,19-/m0/s1. The number of aromatic nitrogens is 1. The van der Waals surface area contributed by atoms with Gasteiger partial charge < -0.3 is 20.4 Å². The number of nitrogens with one attached hydrogen (secondary N) is 4. The van der Waals surface area contributed by atoms with Crippen molar-refractivity contribution in [2.24, 2.45) is 11.8 Å². The van der Waals surface area contributed by atoms with Gasteiger partial charge in [-0.05, 0) is 57.7 Å². The first-order chi connectivity index (χ1) is 16.8. The molecule has 11 heteroatoms. The van der Waals surface area contributed by atoms with Crippen LogP contribution in [0.25, 0.3) is 10.9 Å². The van der Waals surface area contributed by atoms with Crippen LogP contribution in [0.5, 0.6) is 0 Å². The third-order valence-corrected chi connectivity index (χ3v) is 5.61. The second-order valence-corrected chi connectivity index (χ2v) is 10.4. The predicted molar refractivity (Wildman–Crippen MR) is 131 cm³/mol. The third kappa shape index (κ3) is 6.96. The number of carbonyl (C=O) groups excluding carboxylic acids is 4. The average molecular weight is 504 g/mol. The van der Waals surface area contributed by atoms with Crippen molar-refractivity contribution >= 4 is 34.7 Å². The molecule has 1 saturated heterocycles. The molecule has 0 unspecified atom stereocenters. The van der Waals surface area contributed by atoms with Gasteiger partial charge in [0.05, 0.1) is 12.5 Å². The van der Waals surface area contributed by atoms with Crippen LogP contribution in [0.15, 0.2) is 24.3 Å². The summed E-state index contributed by atoms with van der Waals surface area (Å²) < 4.78 is 19.5. The lowest BCUT2D eigenvalue weighted by Crippen LogP contribution is -2.56. The largest absolute Gasteiger partial charge is 0.442 e. The summed E-state index contributed by atoms with van der Waals surface area (Å²) in [6.07, 6.45) is -0.0220. The Balaban J connectivity index is 1.78. The monoisotopic (exact) mass is 503 g/mol. The maximum Gasteiger partial charge on any atom is 0.429 e. The molecular weight excluding hydrogens is 469 g/mol. The van der Waals surface area contributed by atoms with Gasteiger partial charge >= 0.3 is 6.09 Å². The van der Waals surface area contributed by atoms with Gasteiger partial charge in [-0.2, -0.15) is 0 Å². The SMILES string of the molecule is CC(C)C[C@H](NC(=O)c1cc2c(F)cccc2[nH]1)C(=O)NN(C[C@@H]1CCNC1=O)C(=O)OC(C)(C)C. The Kier molecular flexibility index (Phi) is 8.21. The molecule has 0 radical (unpaired) electrons. The van der Waals surface area contributed by atoms with Crippen molar-refractivity contribution in [2.45, 2.75) is 59.1 Å². The number of halogens is 1. The Morgan fingerprint density at radius 1 is 1.25 bits per heavy atom. The first-order valence-corrected chi connectivity index (χ1v) is 12.0. The number of amides is 4. The topological polar surface area (TPSA) is 133 Å². The molecule has 2 aromatic rings. The fourth-order valence-corrected chi connectivity index (χ4v) is 3.91. The van der Waals surface area contributed by atoms with Gasteiger partial charge in [0.2, 0.25) is 5.91 Å². The van der Waals surface area contributed by atoms with E-state index in [1.807, 2.05) is 13.8 Å². The molecule has 1 aromatic heterocycles.